The van der Waals surface area contributed by atoms with Crippen molar-refractivity contribution in [2.75, 3.05) is 13.1 Å². The first-order valence-electron chi connectivity index (χ1n) is 5.52. The van der Waals surface area contributed by atoms with Crippen molar-refractivity contribution in [1.82, 2.24) is 4.31 Å². The summed E-state index contributed by atoms with van der Waals surface area (Å²) in [6.45, 7) is -0.187. The second-order valence-electron chi connectivity index (χ2n) is 3.70. The molecule has 112 valence electrons. The van der Waals surface area contributed by atoms with Gasteiger partial charge in [0.2, 0.25) is 0 Å². The van der Waals surface area contributed by atoms with Gasteiger partial charge in [-0.05, 0) is 0 Å². The van der Waals surface area contributed by atoms with Gasteiger partial charge in [-0.2, -0.15) is 14.8 Å². The summed E-state index contributed by atoms with van der Waals surface area (Å²) < 4.78 is 25.2. The van der Waals surface area contributed by atoms with Gasteiger partial charge >= 0.3 is 0 Å². The van der Waals surface area contributed by atoms with Crippen molar-refractivity contribution < 1.29 is 13.3 Å². The Labute approximate surface area is 130 Å². The number of thiophene rings is 1. The number of hydrogen-bond acceptors (Lipinski definition) is 7. The lowest BCUT2D eigenvalue weighted by Gasteiger charge is -2.18. The molecular formula is C10H9ClN4O4S2. The largest absolute Gasteiger partial charge is 0.300 e. The zero-order chi connectivity index (χ0) is 16.0. The van der Waals surface area contributed by atoms with Gasteiger partial charge in [-0.25, -0.2) is 8.42 Å². The molecule has 0 amide bonds. The van der Waals surface area contributed by atoms with E-state index in [1.807, 2.05) is 12.1 Å². The lowest BCUT2D eigenvalue weighted by atomic mass is 10.4. The summed E-state index contributed by atoms with van der Waals surface area (Å²) >= 11 is 6.22. The molecule has 21 heavy (non-hydrogen) atoms. The van der Waals surface area contributed by atoms with E-state index >= 15 is 0 Å². The van der Waals surface area contributed by atoms with Crippen LogP contribution in [-0.4, -0.2) is 30.7 Å². The summed E-state index contributed by atoms with van der Waals surface area (Å²) in [6.07, 6.45) is -0.0995. The molecule has 0 aromatic carbocycles. The maximum absolute atomic E-state index is 12.4. The summed E-state index contributed by atoms with van der Waals surface area (Å²) in [5.74, 6) is 0. The Bertz CT molecular complexity index is 698. The van der Waals surface area contributed by atoms with Crippen LogP contribution >= 0.6 is 22.9 Å². The van der Waals surface area contributed by atoms with Crippen molar-refractivity contribution in [2.45, 2.75) is 17.1 Å². The molecular weight excluding hydrogens is 340 g/mol. The van der Waals surface area contributed by atoms with Crippen LogP contribution in [0, 0.1) is 32.8 Å². The molecule has 0 aliphatic heterocycles. The Kier molecular flexibility index (Phi) is 6.05. The highest BCUT2D eigenvalue weighted by molar-refractivity contribution is 7.91. The van der Waals surface area contributed by atoms with Gasteiger partial charge in [-0.1, -0.05) is 11.6 Å². The van der Waals surface area contributed by atoms with Gasteiger partial charge in [0, 0.05) is 32.0 Å². The topological polar surface area (TPSA) is 128 Å². The predicted molar refractivity (Wildman–Crippen MR) is 75.2 cm³/mol. The number of nitriles is 2. The van der Waals surface area contributed by atoms with Crippen LogP contribution in [0.15, 0.2) is 10.3 Å². The van der Waals surface area contributed by atoms with Crippen molar-refractivity contribution >= 4 is 38.6 Å². The van der Waals surface area contributed by atoms with Gasteiger partial charge in [0.05, 0.1) is 17.1 Å². The monoisotopic (exact) mass is 348 g/mol. The van der Waals surface area contributed by atoms with E-state index in [1.54, 1.807) is 0 Å². The van der Waals surface area contributed by atoms with Crippen molar-refractivity contribution in [1.29, 1.82) is 10.5 Å². The van der Waals surface area contributed by atoms with Crippen LogP contribution in [0.4, 0.5) is 5.69 Å². The third-order valence-corrected chi connectivity index (χ3v) is 6.07. The Morgan fingerprint density at radius 3 is 2.24 bits per heavy atom. The average Bonchev–Trinajstić information content (AvgIpc) is 2.81. The fraction of sp³-hybridized carbons (Fsp3) is 0.400. The van der Waals surface area contributed by atoms with Crippen molar-refractivity contribution in [3.05, 3.63) is 20.5 Å². The molecule has 1 rings (SSSR count). The van der Waals surface area contributed by atoms with E-state index < -0.39 is 20.6 Å². The zero-order valence-corrected chi connectivity index (χ0v) is 12.9. The van der Waals surface area contributed by atoms with E-state index in [2.05, 4.69) is 0 Å². The molecule has 0 fully saturated rings. The highest BCUT2D eigenvalue weighted by Gasteiger charge is 2.30. The number of sulfonamides is 1. The first-order valence-corrected chi connectivity index (χ1v) is 8.15. The Morgan fingerprint density at radius 1 is 1.33 bits per heavy atom. The first kappa shape index (κ1) is 17.3. The molecule has 0 saturated carbocycles. The summed E-state index contributed by atoms with van der Waals surface area (Å²) in [5, 5.41) is 27.8. The van der Waals surface area contributed by atoms with Crippen LogP contribution in [-0.2, 0) is 10.0 Å². The molecule has 1 heterocycles. The Hall–Kier alpha value is -1.72. The molecule has 0 bridgehead atoms. The van der Waals surface area contributed by atoms with E-state index in [0.29, 0.717) is 11.3 Å². The van der Waals surface area contributed by atoms with Crippen LogP contribution in [0.2, 0.25) is 4.34 Å². The van der Waals surface area contributed by atoms with Gasteiger partial charge in [0.1, 0.15) is 4.21 Å². The van der Waals surface area contributed by atoms with Gasteiger partial charge in [-0.3, -0.25) is 10.1 Å². The minimum absolute atomic E-state index is 0.0497. The summed E-state index contributed by atoms with van der Waals surface area (Å²) in [6, 6.07) is 4.51. The lowest BCUT2D eigenvalue weighted by molar-refractivity contribution is -0.384. The van der Waals surface area contributed by atoms with Crippen LogP contribution in [0.3, 0.4) is 0 Å². The summed E-state index contributed by atoms with van der Waals surface area (Å²) in [4.78, 5) is 9.94. The fourth-order valence-electron chi connectivity index (χ4n) is 1.42. The first-order chi connectivity index (χ1) is 9.84. The zero-order valence-electron chi connectivity index (χ0n) is 10.5. The standard InChI is InChI=1S/C10H9ClN4O4S2/c11-10-8(15(16)17)7-9(20-10)21(18,19)14(5-1-3-12)6-2-4-13/h7H,1-2,5-6H2. The molecule has 0 aliphatic rings. The number of rotatable bonds is 7. The third-order valence-electron chi connectivity index (χ3n) is 2.38. The number of nitro groups is 1. The summed E-state index contributed by atoms with van der Waals surface area (Å²) in [7, 11) is -4.02. The average molecular weight is 349 g/mol. The van der Waals surface area contributed by atoms with Crippen molar-refractivity contribution in [2.24, 2.45) is 0 Å². The molecule has 0 spiro atoms. The van der Waals surface area contributed by atoms with Gasteiger partial charge in [0.25, 0.3) is 15.7 Å². The molecule has 0 atom stereocenters. The molecule has 8 nitrogen and oxygen atoms in total. The molecule has 1 aromatic heterocycles. The van der Waals surface area contributed by atoms with E-state index in [4.69, 9.17) is 22.1 Å². The molecule has 0 unspecified atom stereocenters. The minimum atomic E-state index is -4.02. The number of hydrogen-bond donors (Lipinski definition) is 0. The van der Waals surface area contributed by atoms with Gasteiger partial charge in [0.15, 0.2) is 4.34 Å². The van der Waals surface area contributed by atoms with Crippen LogP contribution in [0.1, 0.15) is 12.8 Å². The highest BCUT2D eigenvalue weighted by Crippen LogP contribution is 2.37. The molecule has 0 saturated heterocycles. The smallest absolute Gasteiger partial charge is 0.258 e. The van der Waals surface area contributed by atoms with E-state index in [0.717, 1.165) is 10.4 Å². The second-order valence-corrected chi connectivity index (χ2v) is 7.52. The molecule has 11 heteroatoms. The quantitative estimate of drug-likeness (QED) is 0.548. The fourth-order valence-corrected chi connectivity index (χ4v) is 4.68. The van der Waals surface area contributed by atoms with Crippen LogP contribution in [0.5, 0.6) is 0 Å². The van der Waals surface area contributed by atoms with Crippen molar-refractivity contribution in [3.63, 3.8) is 0 Å². The molecule has 0 aliphatic carbocycles. The van der Waals surface area contributed by atoms with Crippen LogP contribution < -0.4 is 0 Å². The van der Waals surface area contributed by atoms with E-state index in [-0.39, 0.29) is 34.5 Å². The van der Waals surface area contributed by atoms with E-state index in [1.165, 1.54) is 0 Å². The number of nitrogens with zero attached hydrogens (tertiary/aromatic N) is 4. The maximum Gasteiger partial charge on any atom is 0.300 e. The van der Waals surface area contributed by atoms with Crippen molar-refractivity contribution in [3.8, 4) is 12.1 Å². The van der Waals surface area contributed by atoms with Gasteiger partial charge < -0.3 is 0 Å². The maximum atomic E-state index is 12.4. The van der Waals surface area contributed by atoms with Gasteiger partial charge in [-0.15, -0.1) is 11.3 Å². The predicted octanol–water partition coefficient (Wildman–Crippen LogP) is 2.13. The molecule has 1 aromatic rings. The SMILES string of the molecule is N#CCCN(CCC#N)S(=O)(=O)c1cc([N+](=O)[O-])c(Cl)s1. The Morgan fingerprint density at radius 2 is 1.86 bits per heavy atom. The number of halogens is 1. The van der Waals surface area contributed by atoms with Crippen LogP contribution in [0.25, 0.3) is 0 Å². The second kappa shape index (κ2) is 7.33. The normalized spacial score (nSPS) is 11.0. The minimum Gasteiger partial charge on any atom is -0.258 e. The summed E-state index contributed by atoms with van der Waals surface area (Å²) in [5.41, 5.74) is -0.485. The highest BCUT2D eigenvalue weighted by atomic mass is 35.5. The Balaban J connectivity index is 3.16. The molecule has 0 N–H and O–H groups in total. The van der Waals surface area contributed by atoms with E-state index in [9.17, 15) is 18.5 Å². The third kappa shape index (κ3) is 4.12. The lowest BCUT2D eigenvalue weighted by Crippen LogP contribution is -2.32. The molecule has 0 radical (unpaired) electrons.